The molecule has 0 aromatic heterocycles. The molecule has 0 radical (unpaired) electrons. The van der Waals surface area contributed by atoms with Crippen LogP contribution in [0.25, 0.3) is 0 Å². The van der Waals surface area contributed by atoms with Crippen LogP contribution in [0.3, 0.4) is 0 Å². The largest absolute Gasteiger partial charge is 0.394 e. The Kier molecular flexibility index (Phi) is 11.0. The highest BCUT2D eigenvalue weighted by molar-refractivity contribution is 5.14. The van der Waals surface area contributed by atoms with Gasteiger partial charge in [0.2, 0.25) is 0 Å². The van der Waals surface area contributed by atoms with Gasteiger partial charge in [-0.1, -0.05) is 60.7 Å². The predicted molar refractivity (Wildman–Crippen MR) is 169 cm³/mol. The molecule has 0 aliphatic carbocycles. The lowest BCUT2D eigenvalue weighted by Crippen LogP contribution is -2.57. The second-order valence-electron chi connectivity index (χ2n) is 13.7. The number of benzene rings is 2. The maximum Gasteiger partial charge on any atom is 0.107 e. The van der Waals surface area contributed by atoms with E-state index in [1.165, 1.54) is 5.56 Å². The summed E-state index contributed by atoms with van der Waals surface area (Å²) in [5.41, 5.74) is 2.33. The van der Waals surface area contributed by atoms with Gasteiger partial charge < -0.3 is 43.4 Å². The first kappa shape index (κ1) is 32.6. The summed E-state index contributed by atoms with van der Waals surface area (Å²) < 4.78 is 45.6. The summed E-state index contributed by atoms with van der Waals surface area (Å²) in [5, 5.41) is 20.1. The van der Waals surface area contributed by atoms with Crippen molar-refractivity contribution in [3.63, 3.8) is 0 Å². The van der Waals surface area contributed by atoms with E-state index in [0.717, 1.165) is 44.1 Å². The molecule has 9 heteroatoms. The average Bonchev–Trinajstić information content (AvgIpc) is 3.36. The molecule has 0 bridgehead atoms. The molecule has 5 fully saturated rings. The van der Waals surface area contributed by atoms with Crippen LogP contribution in [0.15, 0.2) is 60.7 Å². The topological polar surface area (TPSA) is 105 Å². The van der Waals surface area contributed by atoms with E-state index in [-0.39, 0.29) is 67.6 Å². The highest BCUT2D eigenvalue weighted by atomic mass is 16.6. The number of aliphatic hydroxyl groups is 2. The van der Waals surface area contributed by atoms with Gasteiger partial charge in [0, 0.05) is 25.9 Å². The Labute approximate surface area is 272 Å². The molecule has 9 nitrogen and oxygen atoms in total. The number of hydrogen-bond donors (Lipinski definition) is 2. The zero-order valence-electron chi connectivity index (χ0n) is 26.6. The summed E-state index contributed by atoms with van der Waals surface area (Å²) in [5.74, 6) is 0. The second kappa shape index (κ2) is 15.5. The van der Waals surface area contributed by atoms with E-state index in [9.17, 15) is 10.2 Å². The number of rotatable bonds is 10. The lowest BCUT2D eigenvalue weighted by atomic mass is 9.88. The van der Waals surface area contributed by atoms with Crippen molar-refractivity contribution in [3.05, 3.63) is 71.8 Å². The zero-order valence-corrected chi connectivity index (χ0v) is 26.6. The molecule has 46 heavy (non-hydrogen) atoms. The first-order valence-corrected chi connectivity index (χ1v) is 17.5. The molecular formula is C37H50O9. The van der Waals surface area contributed by atoms with Crippen LogP contribution in [0.5, 0.6) is 0 Å². The molecule has 7 rings (SSSR count). The van der Waals surface area contributed by atoms with E-state index in [1.807, 2.05) is 36.4 Å². The lowest BCUT2D eigenvalue weighted by Gasteiger charge is -2.48. The Morgan fingerprint density at radius 2 is 1.11 bits per heavy atom. The maximum atomic E-state index is 10.4. The quantitative estimate of drug-likeness (QED) is 0.365. The number of fused-ring (bicyclic) bond motifs is 4. The van der Waals surface area contributed by atoms with E-state index in [4.69, 9.17) is 33.2 Å². The summed E-state index contributed by atoms with van der Waals surface area (Å²) >= 11 is 0. The molecule has 2 N–H and O–H groups in total. The molecule has 2 aromatic rings. The molecule has 12 atom stereocenters. The molecule has 252 valence electrons. The van der Waals surface area contributed by atoms with Crippen molar-refractivity contribution >= 4 is 0 Å². The molecule has 0 unspecified atom stereocenters. The monoisotopic (exact) mass is 638 g/mol. The van der Waals surface area contributed by atoms with Gasteiger partial charge in [0.25, 0.3) is 0 Å². The van der Waals surface area contributed by atoms with Gasteiger partial charge in [0.15, 0.2) is 0 Å². The van der Waals surface area contributed by atoms with Crippen molar-refractivity contribution in [2.24, 2.45) is 0 Å². The van der Waals surface area contributed by atoms with Crippen LogP contribution >= 0.6 is 0 Å². The minimum Gasteiger partial charge on any atom is -0.394 e. The van der Waals surface area contributed by atoms with Gasteiger partial charge in [-0.15, -0.1) is 0 Å². The first-order chi connectivity index (χ1) is 22.6. The molecule has 0 spiro atoms. The zero-order chi connectivity index (χ0) is 31.3. The molecule has 0 saturated carbocycles. The summed E-state index contributed by atoms with van der Waals surface area (Å²) in [6, 6.07) is 20.6. The molecule has 5 aliphatic heterocycles. The fourth-order valence-corrected chi connectivity index (χ4v) is 8.01. The van der Waals surface area contributed by atoms with Crippen LogP contribution in [0.2, 0.25) is 0 Å². The van der Waals surface area contributed by atoms with E-state index >= 15 is 0 Å². The van der Waals surface area contributed by atoms with E-state index in [2.05, 4.69) is 24.3 Å². The number of ether oxygens (including phenoxy) is 7. The lowest BCUT2D eigenvalue weighted by molar-refractivity contribution is -0.269. The molecular weight excluding hydrogens is 588 g/mol. The molecule has 5 saturated heterocycles. The molecule has 2 aromatic carbocycles. The van der Waals surface area contributed by atoms with E-state index in [1.54, 1.807) is 0 Å². The highest BCUT2D eigenvalue weighted by Gasteiger charge is 2.51. The van der Waals surface area contributed by atoms with Gasteiger partial charge in [-0.05, 0) is 49.7 Å². The minimum absolute atomic E-state index is 0.00909. The standard InChI is InChI=1S/C37H50O9/c38-21-37-26(39)13-14-28-34(46-37)20-36-35(43-28)19-33-30(44-36)16-15-29-32(45-33)18-31(41-23-25-10-5-2-6-11-25)27(42-29)12-7-17-40-22-24-8-3-1-4-9-24/h1-6,8-11,26-39H,7,12-23H2/t26-,27-,28+,29+,30-,31+,32-,33+,34-,35-,36+,37+/m0/s1. The Balaban J connectivity index is 0.974. The van der Waals surface area contributed by atoms with Crippen molar-refractivity contribution in [1.29, 1.82) is 0 Å². The van der Waals surface area contributed by atoms with Gasteiger partial charge in [-0.25, -0.2) is 0 Å². The first-order valence-electron chi connectivity index (χ1n) is 17.5. The van der Waals surface area contributed by atoms with Gasteiger partial charge in [-0.3, -0.25) is 0 Å². The average molecular weight is 639 g/mol. The van der Waals surface area contributed by atoms with Crippen molar-refractivity contribution in [1.82, 2.24) is 0 Å². The fraction of sp³-hybridized carbons (Fsp3) is 0.676. The Hall–Kier alpha value is -1.92. The Bertz CT molecular complexity index is 1200. The Morgan fingerprint density at radius 1 is 0.587 bits per heavy atom. The van der Waals surface area contributed by atoms with Gasteiger partial charge >= 0.3 is 0 Å². The molecule has 5 aliphatic rings. The third-order valence-electron chi connectivity index (χ3n) is 10.5. The summed E-state index contributed by atoms with van der Waals surface area (Å²) in [4.78, 5) is 0. The summed E-state index contributed by atoms with van der Waals surface area (Å²) in [6.45, 7) is 1.63. The van der Waals surface area contributed by atoms with Gasteiger partial charge in [0.1, 0.15) is 6.10 Å². The third kappa shape index (κ3) is 7.86. The van der Waals surface area contributed by atoms with Crippen LogP contribution in [0.4, 0.5) is 0 Å². The Morgan fingerprint density at radius 3 is 1.78 bits per heavy atom. The third-order valence-corrected chi connectivity index (χ3v) is 10.5. The van der Waals surface area contributed by atoms with Crippen LogP contribution in [-0.2, 0) is 46.4 Å². The van der Waals surface area contributed by atoms with Crippen LogP contribution in [0, 0.1) is 0 Å². The smallest absolute Gasteiger partial charge is 0.107 e. The number of hydrogen-bond acceptors (Lipinski definition) is 9. The summed E-state index contributed by atoms with van der Waals surface area (Å²) in [6.07, 6.45) is 5.00. The maximum absolute atomic E-state index is 10.4. The van der Waals surface area contributed by atoms with Crippen molar-refractivity contribution in [2.45, 2.75) is 144 Å². The predicted octanol–water partition coefficient (Wildman–Crippen LogP) is 4.49. The van der Waals surface area contributed by atoms with E-state index in [0.29, 0.717) is 39.1 Å². The molecule has 0 amide bonds. The SMILES string of the molecule is OC[C@H]1O[C@H]2C[C@H]3O[C@H]4CC[C@H]5O[C@@H](CCCOCc6ccccc6)[C@H](OCc6ccccc6)C[C@@H]5O[C@@H]4C[C@@H]3O[C@@H]2CC[C@@H]1O. The second-order valence-corrected chi connectivity index (χ2v) is 13.7. The fourth-order valence-electron chi connectivity index (χ4n) is 8.01. The highest BCUT2D eigenvalue weighted by Crippen LogP contribution is 2.42. The van der Waals surface area contributed by atoms with Crippen molar-refractivity contribution < 1.29 is 43.4 Å². The summed E-state index contributed by atoms with van der Waals surface area (Å²) in [7, 11) is 0. The van der Waals surface area contributed by atoms with Crippen LogP contribution in [-0.4, -0.2) is 96.7 Å². The van der Waals surface area contributed by atoms with Crippen molar-refractivity contribution in [2.75, 3.05) is 13.2 Å². The molecule has 5 heterocycles. The van der Waals surface area contributed by atoms with Crippen LogP contribution < -0.4 is 0 Å². The van der Waals surface area contributed by atoms with Gasteiger partial charge in [0.05, 0.1) is 87.0 Å². The minimum atomic E-state index is -0.678. The van der Waals surface area contributed by atoms with Crippen LogP contribution in [0.1, 0.15) is 68.9 Å². The number of aliphatic hydroxyl groups excluding tert-OH is 2. The normalized spacial score (nSPS) is 39.2. The van der Waals surface area contributed by atoms with E-state index < -0.39 is 12.2 Å². The van der Waals surface area contributed by atoms with Gasteiger partial charge in [-0.2, -0.15) is 0 Å². The van der Waals surface area contributed by atoms with Crippen molar-refractivity contribution in [3.8, 4) is 0 Å².